The van der Waals surface area contributed by atoms with Crippen molar-refractivity contribution in [2.45, 2.75) is 32.7 Å². The number of allylic oxidation sites excluding steroid dienone is 3. The van der Waals surface area contributed by atoms with Crippen molar-refractivity contribution in [3.63, 3.8) is 0 Å². The van der Waals surface area contributed by atoms with Gasteiger partial charge in [0.2, 0.25) is 0 Å². The highest BCUT2D eigenvalue weighted by atomic mass is 15.2. The Hall–Kier alpha value is -6.96. The van der Waals surface area contributed by atoms with Gasteiger partial charge in [0.15, 0.2) is 0 Å². The minimum absolute atomic E-state index is 0.156. The highest BCUT2D eigenvalue weighted by Crippen LogP contribution is 2.47. The van der Waals surface area contributed by atoms with Crippen LogP contribution in [0.1, 0.15) is 38.3 Å². The molecular weight excluding hydrogens is 699 g/mol. The maximum atomic E-state index is 3.00. The van der Waals surface area contributed by atoms with Crippen molar-refractivity contribution in [3.05, 3.63) is 224 Å². The molecular formula is C57H47N. The van der Waals surface area contributed by atoms with Crippen LogP contribution >= 0.6 is 0 Å². The molecule has 1 unspecified atom stereocenters. The molecule has 0 saturated heterocycles. The smallest absolute Gasteiger partial charge is 0.0563 e. The molecule has 10 rings (SSSR count). The number of hydrogen-bond donors (Lipinski definition) is 0. The van der Waals surface area contributed by atoms with Gasteiger partial charge >= 0.3 is 0 Å². The third-order valence-electron chi connectivity index (χ3n) is 11.9. The number of rotatable bonds is 7. The van der Waals surface area contributed by atoms with E-state index in [-0.39, 0.29) is 6.04 Å². The number of para-hydroxylation sites is 1. The van der Waals surface area contributed by atoms with Crippen LogP contribution in [0.2, 0.25) is 0 Å². The molecule has 0 aromatic heterocycles. The largest absolute Gasteiger partial charge is 0.334 e. The number of nitrogens with zero attached hydrogens (tertiary/aromatic N) is 1. The molecule has 0 bridgehead atoms. The quantitative estimate of drug-likeness (QED) is 0.116. The van der Waals surface area contributed by atoms with Crippen molar-refractivity contribution < 1.29 is 0 Å². The molecule has 0 heterocycles. The van der Waals surface area contributed by atoms with Gasteiger partial charge < -0.3 is 4.90 Å². The molecule has 9 aromatic carbocycles. The summed E-state index contributed by atoms with van der Waals surface area (Å²) in [5, 5.41) is 10.1. The first-order valence-corrected chi connectivity index (χ1v) is 20.4. The fraction of sp³-hybridized carbons (Fsp3) is 0.0877. The SMILES string of the molecule is C=C.CC1=C(N(c2ccccc2)C(C)c2ccc(-c3ccc4c(-c5cccc6ccccc56)c5ccccc5c(-c5cccc6ccccc56)c4c3)cc2)C=CCC1. The molecule has 1 nitrogen and oxygen atoms in total. The highest BCUT2D eigenvalue weighted by molar-refractivity contribution is 6.25. The summed E-state index contributed by atoms with van der Waals surface area (Å²) in [6.07, 6.45) is 6.83. The minimum atomic E-state index is 0.156. The zero-order chi connectivity index (χ0) is 39.6. The Morgan fingerprint density at radius 2 is 0.983 bits per heavy atom. The van der Waals surface area contributed by atoms with Crippen LogP contribution in [0.25, 0.3) is 76.5 Å². The molecule has 1 atom stereocenters. The van der Waals surface area contributed by atoms with Crippen LogP contribution in [0.4, 0.5) is 5.69 Å². The lowest BCUT2D eigenvalue weighted by atomic mass is 9.83. The molecule has 58 heavy (non-hydrogen) atoms. The van der Waals surface area contributed by atoms with Gasteiger partial charge in [-0.05, 0) is 139 Å². The van der Waals surface area contributed by atoms with Gasteiger partial charge in [0.25, 0.3) is 0 Å². The van der Waals surface area contributed by atoms with Gasteiger partial charge in [0.1, 0.15) is 0 Å². The predicted octanol–water partition coefficient (Wildman–Crippen LogP) is 16.3. The van der Waals surface area contributed by atoms with Gasteiger partial charge in [-0.2, -0.15) is 0 Å². The van der Waals surface area contributed by atoms with Gasteiger partial charge in [-0.1, -0.05) is 170 Å². The van der Waals surface area contributed by atoms with E-state index in [1.54, 1.807) is 0 Å². The van der Waals surface area contributed by atoms with Crippen LogP contribution in [0.5, 0.6) is 0 Å². The highest BCUT2D eigenvalue weighted by Gasteiger charge is 2.23. The predicted molar refractivity (Wildman–Crippen MR) is 252 cm³/mol. The zero-order valence-corrected chi connectivity index (χ0v) is 33.3. The standard InChI is InChI=1S/C55H43N.C2H4/c1-37-16-6-13-29-53(37)56(44-21-4-3-5-22-44)38(2)39-30-32-40(33-31-39)43-34-35-51-52(36-43)55(48-28-15-20-42-18-8-10-24-46(42)48)50-26-12-11-25-49(50)54(51)47-27-14-19-41-17-7-9-23-45(41)47;1-2/h3-5,7-15,17-36,38H,6,16H2,1-2H3;1-2H2. The van der Waals surface area contributed by atoms with Crippen molar-refractivity contribution in [3.8, 4) is 33.4 Å². The minimum Gasteiger partial charge on any atom is -0.334 e. The summed E-state index contributed by atoms with van der Waals surface area (Å²) < 4.78 is 0. The topological polar surface area (TPSA) is 3.24 Å². The second-order valence-corrected chi connectivity index (χ2v) is 15.2. The van der Waals surface area contributed by atoms with Crippen LogP contribution < -0.4 is 4.90 Å². The summed E-state index contributed by atoms with van der Waals surface area (Å²) in [6.45, 7) is 10.6. The maximum absolute atomic E-state index is 3.00. The molecule has 0 N–H and O–H groups in total. The van der Waals surface area contributed by atoms with E-state index in [1.165, 1.54) is 99.0 Å². The van der Waals surface area contributed by atoms with E-state index < -0.39 is 0 Å². The molecule has 0 aliphatic heterocycles. The fourth-order valence-corrected chi connectivity index (χ4v) is 9.14. The fourth-order valence-electron chi connectivity index (χ4n) is 9.14. The van der Waals surface area contributed by atoms with E-state index in [0.29, 0.717) is 0 Å². The summed E-state index contributed by atoms with van der Waals surface area (Å²) in [5.41, 5.74) is 12.8. The average Bonchev–Trinajstić information content (AvgIpc) is 3.29. The Morgan fingerprint density at radius 3 is 1.59 bits per heavy atom. The molecule has 1 heteroatoms. The summed E-state index contributed by atoms with van der Waals surface area (Å²) >= 11 is 0. The van der Waals surface area contributed by atoms with Crippen molar-refractivity contribution in [2.75, 3.05) is 4.90 Å². The van der Waals surface area contributed by atoms with Gasteiger partial charge in [-0.3, -0.25) is 0 Å². The van der Waals surface area contributed by atoms with Crippen molar-refractivity contribution in [1.82, 2.24) is 0 Å². The lowest BCUT2D eigenvalue weighted by Gasteiger charge is -2.35. The van der Waals surface area contributed by atoms with Crippen LogP contribution in [0.3, 0.4) is 0 Å². The summed E-state index contributed by atoms with van der Waals surface area (Å²) in [4.78, 5) is 2.51. The lowest BCUT2D eigenvalue weighted by Crippen LogP contribution is -2.27. The van der Waals surface area contributed by atoms with E-state index in [4.69, 9.17) is 0 Å². The number of benzene rings is 9. The molecule has 280 valence electrons. The summed E-state index contributed by atoms with van der Waals surface area (Å²) in [6, 6.07) is 67.5. The number of fused-ring (bicyclic) bond motifs is 4. The summed E-state index contributed by atoms with van der Waals surface area (Å²) in [7, 11) is 0. The van der Waals surface area contributed by atoms with E-state index in [2.05, 4.69) is 226 Å². The normalized spacial score (nSPS) is 13.1. The van der Waals surface area contributed by atoms with Crippen LogP contribution in [0.15, 0.2) is 219 Å². The van der Waals surface area contributed by atoms with E-state index >= 15 is 0 Å². The lowest BCUT2D eigenvalue weighted by molar-refractivity contribution is 0.732. The van der Waals surface area contributed by atoms with Crippen LogP contribution in [0, 0.1) is 0 Å². The molecule has 0 spiro atoms. The molecule has 0 radical (unpaired) electrons. The Labute approximate surface area is 342 Å². The zero-order valence-electron chi connectivity index (χ0n) is 33.3. The Kier molecular flexibility index (Phi) is 10.0. The van der Waals surface area contributed by atoms with Gasteiger partial charge in [-0.15, -0.1) is 13.2 Å². The third kappa shape index (κ3) is 6.49. The maximum Gasteiger partial charge on any atom is 0.0563 e. The van der Waals surface area contributed by atoms with Gasteiger partial charge in [-0.25, -0.2) is 0 Å². The molecule has 9 aromatic rings. The Bertz CT molecular complexity index is 2990. The molecule has 1 aliphatic carbocycles. The van der Waals surface area contributed by atoms with Crippen LogP contribution in [-0.4, -0.2) is 0 Å². The van der Waals surface area contributed by atoms with E-state index in [1.807, 2.05) is 0 Å². The Balaban J connectivity index is 0.00000215. The average molecular weight is 746 g/mol. The molecule has 0 amide bonds. The van der Waals surface area contributed by atoms with Gasteiger partial charge in [0, 0.05) is 11.4 Å². The van der Waals surface area contributed by atoms with Crippen molar-refractivity contribution >= 4 is 48.8 Å². The first-order chi connectivity index (χ1) is 28.6. The second-order valence-electron chi connectivity index (χ2n) is 15.2. The molecule has 1 aliphatic rings. The van der Waals surface area contributed by atoms with Crippen molar-refractivity contribution in [1.29, 1.82) is 0 Å². The first kappa shape index (κ1) is 36.7. The first-order valence-electron chi connectivity index (χ1n) is 20.4. The number of anilines is 1. The van der Waals surface area contributed by atoms with Crippen LogP contribution in [-0.2, 0) is 0 Å². The number of hydrogen-bond acceptors (Lipinski definition) is 1. The molecule has 0 fully saturated rings. The van der Waals surface area contributed by atoms with Gasteiger partial charge in [0.05, 0.1) is 6.04 Å². The molecule has 0 saturated carbocycles. The van der Waals surface area contributed by atoms with E-state index in [9.17, 15) is 0 Å². The van der Waals surface area contributed by atoms with Crippen molar-refractivity contribution in [2.24, 2.45) is 0 Å². The summed E-state index contributed by atoms with van der Waals surface area (Å²) in [5.74, 6) is 0. The second kappa shape index (κ2) is 15.9. The third-order valence-corrected chi connectivity index (χ3v) is 11.9. The Morgan fingerprint density at radius 1 is 0.483 bits per heavy atom. The van der Waals surface area contributed by atoms with E-state index in [0.717, 1.165) is 12.8 Å². The monoisotopic (exact) mass is 745 g/mol.